The van der Waals surface area contributed by atoms with Crippen LogP contribution in [-0.4, -0.2) is 39.7 Å². The molecule has 3 aliphatic rings. The van der Waals surface area contributed by atoms with Crippen LogP contribution in [0.15, 0.2) is 82.4 Å². The van der Waals surface area contributed by atoms with Crippen LogP contribution in [0.3, 0.4) is 0 Å². The molecule has 1 aromatic carbocycles. The van der Waals surface area contributed by atoms with E-state index in [0.717, 1.165) is 29.8 Å². The van der Waals surface area contributed by atoms with Crippen LogP contribution in [0.5, 0.6) is 0 Å². The maximum absolute atomic E-state index is 12.6. The van der Waals surface area contributed by atoms with Gasteiger partial charge in [0.1, 0.15) is 17.7 Å². The zero-order valence-electron chi connectivity index (χ0n) is 18.7. The molecule has 1 amide bonds. The van der Waals surface area contributed by atoms with E-state index >= 15 is 0 Å². The van der Waals surface area contributed by atoms with Crippen molar-refractivity contribution in [3.05, 3.63) is 83.6 Å². The molecular formula is C25H27N6O2+. The van der Waals surface area contributed by atoms with Gasteiger partial charge in [-0.15, -0.1) is 4.59 Å². The minimum Gasteiger partial charge on any atom is -0.376 e. The van der Waals surface area contributed by atoms with E-state index in [-0.39, 0.29) is 22.0 Å². The lowest BCUT2D eigenvalue weighted by Gasteiger charge is -2.35. The van der Waals surface area contributed by atoms with E-state index in [1.165, 1.54) is 0 Å². The third kappa shape index (κ3) is 4.04. The minimum atomic E-state index is -0.223. The van der Waals surface area contributed by atoms with Gasteiger partial charge in [0, 0.05) is 24.3 Å². The Labute approximate surface area is 192 Å². The van der Waals surface area contributed by atoms with E-state index in [1.54, 1.807) is 36.7 Å². The highest BCUT2D eigenvalue weighted by atomic mass is 16.5. The summed E-state index contributed by atoms with van der Waals surface area (Å²) in [7, 11) is 0. The first-order chi connectivity index (χ1) is 15.9. The number of rotatable bonds is 4. The number of allylic oxidation sites excluding steroid dienone is 2. The highest BCUT2D eigenvalue weighted by molar-refractivity contribution is 6.05. The SMILES string of the molecule is CC1(C)CC(C2=C3C=NC=C[N+]3(N)C(c3ccc(C(=O)Nc4ccccn4)cc3)=N2)CCO1. The molecule has 2 aromatic rings. The first kappa shape index (κ1) is 21.4. The Morgan fingerprint density at radius 2 is 2.03 bits per heavy atom. The number of hydrogen-bond donors (Lipinski definition) is 2. The topological polar surface area (TPSA) is 102 Å². The van der Waals surface area contributed by atoms with Crippen molar-refractivity contribution in [2.45, 2.75) is 32.3 Å². The average molecular weight is 444 g/mol. The van der Waals surface area contributed by atoms with E-state index < -0.39 is 0 Å². The summed E-state index contributed by atoms with van der Waals surface area (Å²) in [5.41, 5.74) is 3.03. The molecule has 2 unspecified atom stereocenters. The lowest BCUT2D eigenvalue weighted by atomic mass is 9.85. The molecule has 4 heterocycles. The van der Waals surface area contributed by atoms with Gasteiger partial charge in [0.2, 0.25) is 5.70 Å². The van der Waals surface area contributed by atoms with E-state index in [2.05, 4.69) is 29.1 Å². The predicted octanol–water partition coefficient (Wildman–Crippen LogP) is 3.76. The number of nitrogens with one attached hydrogen (secondary N) is 1. The van der Waals surface area contributed by atoms with Crippen molar-refractivity contribution in [1.29, 1.82) is 0 Å². The fourth-order valence-corrected chi connectivity index (χ4v) is 4.57. The molecular weight excluding hydrogens is 416 g/mol. The summed E-state index contributed by atoms with van der Waals surface area (Å²) in [6.45, 7) is 4.91. The number of pyridine rings is 1. The Morgan fingerprint density at radius 1 is 1.21 bits per heavy atom. The third-order valence-electron chi connectivity index (χ3n) is 6.22. The molecule has 1 aromatic heterocycles. The molecule has 3 aliphatic heterocycles. The van der Waals surface area contributed by atoms with Crippen molar-refractivity contribution >= 4 is 23.8 Å². The Bertz CT molecular complexity index is 1200. The number of amidine groups is 1. The average Bonchev–Trinajstić information content (AvgIpc) is 3.12. The van der Waals surface area contributed by atoms with Crippen LogP contribution in [-0.2, 0) is 4.74 Å². The molecule has 2 atom stereocenters. The molecule has 0 aliphatic carbocycles. The van der Waals surface area contributed by atoms with Gasteiger partial charge in [-0.3, -0.25) is 9.79 Å². The largest absolute Gasteiger partial charge is 0.376 e. The van der Waals surface area contributed by atoms with E-state index in [4.69, 9.17) is 15.6 Å². The summed E-state index contributed by atoms with van der Waals surface area (Å²) in [6, 6.07) is 12.7. The second-order valence-electron chi connectivity index (χ2n) is 9.10. The zero-order chi connectivity index (χ0) is 23.1. The van der Waals surface area contributed by atoms with Gasteiger partial charge >= 0.3 is 0 Å². The van der Waals surface area contributed by atoms with Crippen molar-refractivity contribution in [2.24, 2.45) is 21.7 Å². The number of carbonyl (C=O) groups is 1. The van der Waals surface area contributed by atoms with Crippen LogP contribution in [0.25, 0.3) is 0 Å². The number of carbonyl (C=O) groups excluding carboxylic acids is 1. The Morgan fingerprint density at radius 3 is 2.76 bits per heavy atom. The molecule has 5 rings (SSSR count). The van der Waals surface area contributed by atoms with Crippen molar-refractivity contribution in [1.82, 2.24) is 4.98 Å². The van der Waals surface area contributed by atoms with Crippen LogP contribution in [0, 0.1) is 5.92 Å². The smallest absolute Gasteiger partial charge is 0.264 e. The van der Waals surface area contributed by atoms with Gasteiger partial charge in [0.05, 0.1) is 23.6 Å². The normalized spacial score (nSPS) is 25.5. The van der Waals surface area contributed by atoms with Crippen molar-refractivity contribution in [3.63, 3.8) is 0 Å². The molecule has 0 spiro atoms. The first-order valence-corrected chi connectivity index (χ1v) is 11.0. The fraction of sp³-hybridized carbons (Fsp3) is 0.280. The maximum atomic E-state index is 12.6. The van der Waals surface area contributed by atoms with Gasteiger partial charge in [0.25, 0.3) is 11.7 Å². The lowest BCUT2D eigenvalue weighted by molar-refractivity contribution is -0.750. The van der Waals surface area contributed by atoms with Crippen LogP contribution in [0.4, 0.5) is 5.82 Å². The number of hydrogen-bond acceptors (Lipinski definition) is 6. The highest BCUT2D eigenvalue weighted by Gasteiger charge is 2.47. The number of ether oxygens (including phenoxy) is 1. The van der Waals surface area contributed by atoms with Gasteiger partial charge in [-0.1, -0.05) is 6.07 Å². The molecule has 3 N–H and O–H groups in total. The molecule has 8 heteroatoms. The molecule has 0 radical (unpaired) electrons. The van der Waals surface area contributed by atoms with Gasteiger partial charge in [-0.05, 0) is 63.1 Å². The minimum absolute atomic E-state index is 0.0316. The number of nitrogens with zero attached hydrogens (tertiary/aromatic N) is 4. The second-order valence-corrected chi connectivity index (χ2v) is 9.10. The fourth-order valence-electron chi connectivity index (χ4n) is 4.57. The number of nitrogens with two attached hydrogens (primary N) is 1. The van der Waals surface area contributed by atoms with E-state index in [9.17, 15) is 4.79 Å². The monoisotopic (exact) mass is 443 g/mol. The van der Waals surface area contributed by atoms with Crippen LogP contribution >= 0.6 is 0 Å². The Hall–Kier alpha value is -3.46. The highest BCUT2D eigenvalue weighted by Crippen LogP contribution is 2.40. The van der Waals surface area contributed by atoms with Crippen LogP contribution in [0.2, 0.25) is 0 Å². The molecule has 0 saturated carbocycles. The van der Waals surface area contributed by atoms with Crippen molar-refractivity contribution in [2.75, 3.05) is 11.9 Å². The summed E-state index contributed by atoms with van der Waals surface area (Å²) in [6.07, 6.45) is 8.75. The van der Waals surface area contributed by atoms with Gasteiger partial charge in [0.15, 0.2) is 0 Å². The summed E-state index contributed by atoms with van der Waals surface area (Å²) in [5, 5.41) is 2.80. The van der Waals surface area contributed by atoms with E-state index in [0.29, 0.717) is 23.8 Å². The molecule has 0 bridgehead atoms. The Kier molecular flexibility index (Phi) is 5.28. The van der Waals surface area contributed by atoms with Crippen LogP contribution in [0.1, 0.15) is 42.6 Å². The standard InChI is InChI=1S/C25H26N6O2/c1-25(2)15-19(10-14-33-25)22-20-16-27-12-13-31(20,26)23(30-22)17-6-8-18(9-7-17)24(32)29-21-5-3-4-11-28-21/h3-9,11-13,16,19H,10,14-15,26H2,1-2H3/p+1. The number of aliphatic imine (C=N–C) groups is 2. The molecule has 8 nitrogen and oxygen atoms in total. The number of benzene rings is 1. The maximum Gasteiger partial charge on any atom is 0.264 e. The number of fused-ring (bicyclic) bond motifs is 1. The number of quaternary nitrogens is 1. The summed E-state index contributed by atoms with van der Waals surface area (Å²) < 4.78 is 5.88. The molecule has 1 saturated heterocycles. The number of amides is 1. The number of anilines is 1. The molecule has 168 valence electrons. The van der Waals surface area contributed by atoms with Gasteiger partial charge < -0.3 is 10.1 Å². The third-order valence-corrected chi connectivity index (χ3v) is 6.22. The molecule has 1 fully saturated rings. The van der Waals surface area contributed by atoms with Crippen molar-refractivity contribution in [3.8, 4) is 0 Å². The van der Waals surface area contributed by atoms with Crippen molar-refractivity contribution < 1.29 is 14.1 Å². The Balaban J connectivity index is 1.43. The van der Waals surface area contributed by atoms with Gasteiger partial charge in [-0.2, -0.15) is 10.8 Å². The molecule has 33 heavy (non-hydrogen) atoms. The van der Waals surface area contributed by atoms with E-state index in [1.807, 2.05) is 30.6 Å². The van der Waals surface area contributed by atoms with Gasteiger partial charge in [-0.25, -0.2) is 4.98 Å². The second kappa shape index (κ2) is 8.15. The summed E-state index contributed by atoms with van der Waals surface area (Å²) >= 11 is 0. The zero-order valence-corrected chi connectivity index (χ0v) is 18.7. The quantitative estimate of drug-likeness (QED) is 0.555. The summed E-state index contributed by atoms with van der Waals surface area (Å²) in [4.78, 5) is 26.1. The number of aromatic nitrogens is 1. The van der Waals surface area contributed by atoms with Crippen LogP contribution < -0.4 is 11.2 Å². The first-order valence-electron chi connectivity index (χ1n) is 11.0. The summed E-state index contributed by atoms with van der Waals surface area (Å²) in [5.74, 6) is 8.09. The lowest BCUT2D eigenvalue weighted by Crippen LogP contribution is -2.53. The predicted molar refractivity (Wildman–Crippen MR) is 127 cm³/mol.